The van der Waals surface area contributed by atoms with Gasteiger partial charge in [-0.3, -0.25) is 0 Å². The lowest BCUT2D eigenvalue weighted by molar-refractivity contribution is 0.0520. The Balaban J connectivity index is 2.34. The van der Waals surface area contributed by atoms with Crippen molar-refractivity contribution in [2.75, 3.05) is 6.61 Å². The van der Waals surface area contributed by atoms with Crippen molar-refractivity contribution in [2.24, 2.45) is 0 Å². The van der Waals surface area contributed by atoms with Crippen LogP contribution in [0.5, 0.6) is 0 Å². The highest BCUT2D eigenvalue weighted by atomic mass is 35.5. The highest BCUT2D eigenvalue weighted by Gasteiger charge is 2.18. The van der Waals surface area contributed by atoms with Crippen LogP contribution in [0.4, 0.5) is 0 Å². The van der Waals surface area contributed by atoms with Gasteiger partial charge in [0.05, 0.1) is 6.61 Å². The minimum Gasteiger partial charge on any atom is -0.461 e. The van der Waals surface area contributed by atoms with E-state index in [4.69, 9.17) is 16.3 Å². The quantitative estimate of drug-likeness (QED) is 0.797. The Morgan fingerprint density at radius 2 is 2.12 bits per heavy atom. The normalized spacial score (nSPS) is 10.2. The molecule has 3 nitrogen and oxygen atoms in total. The fourth-order valence-electron chi connectivity index (χ4n) is 1.33. The number of ether oxygens (including phenoxy) is 1. The molecular weight excluding hydrogens is 258 g/mol. The van der Waals surface area contributed by atoms with Gasteiger partial charge >= 0.3 is 5.97 Å². The number of esters is 1. The molecule has 0 aliphatic heterocycles. The summed E-state index contributed by atoms with van der Waals surface area (Å²) in [6, 6.07) is 9.59. The van der Waals surface area contributed by atoms with Crippen LogP contribution in [0.3, 0.4) is 0 Å². The van der Waals surface area contributed by atoms with Gasteiger partial charge < -0.3 is 4.74 Å². The molecule has 17 heavy (non-hydrogen) atoms. The molecule has 0 spiro atoms. The van der Waals surface area contributed by atoms with E-state index >= 15 is 0 Å². The second-order valence-electron chi connectivity index (χ2n) is 3.23. The first kappa shape index (κ1) is 12.1. The van der Waals surface area contributed by atoms with Gasteiger partial charge in [0.1, 0.15) is 9.34 Å². The Hall–Kier alpha value is -1.39. The van der Waals surface area contributed by atoms with E-state index in [0.29, 0.717) is 10.9 Å². The molecule has 0 atom stereocenters. The largest absolute Gasteiger partial charge is 0.461 e. The average molecular weight is 268 g/mol. The van der Waals surface area contributed by atoms with Gasteiger partial charge in [-0.05, 0) is 6.92 Å². The predicted molar refractivity (Wildman–Crippen MR) is 68.5 cm³/mol. The monoisotopic (exact) mass is 267 g/mol. The first-order valence-corrected chi connectivity index (χ1v) is 6.30. The van der Waals surface area contributed by atoms with Gasteiger partial charge in [0.2, 0.25) is 0 Å². The maximum absolute atomic E-state index is 11.5. The Morgan fingerprint density at radius 1 is 1.41 bits per heavy atom. The highest BCUT2D eigenvalue weighted by molar-refractivity contribution is 7.19. The summed E-state index contributed by atoms with van der Waals surface area (Å²) >= 11 is 7.26. The number of halogens is 1. The Labute approximate surface area is 108 Å². The zero-order valence-electron chi connectivity index (χ0n) is 9.14. The van der Waals surface area contributed by atoms with E-state index in [1.807, 2.05) is 30.3 Å². The zero-order chi connectivity index (χ0) is 12.3. The van der Waals surface area contributed by atoms with Crippen molar-refractivity contribution in [2.45, 2.75) is 6.92 Å². The van der Waals surface area contributed by atoms with Crippen molar-refractivity contribution >= 4 is 28.9 Å². The minimum atomic E-state index is -0.476. The first-order valence-electron chi connectivity index (χ1n) is 5.11. The van der Waals surface area contributed by atoms with Crippen molar-refractivity contribution in [1.82, 2.24) is 4.98 Å². The molecule has 1 heterocycles. The fourth-order valence-corrected chi connectivity index (χ4v) is 2.46. The summed E-state index contributed by atoms with van der Waals surface area (Å²) in [5.41, 5.74) is 1.13. The van der Waals surface area contributed by atoms with Crippen molar-refractivity contribution in [3.63, 3.8) is 0 Å². The number of nitrogens with zero attached hydrogens (tertiary/aromatic N) is 1. The maximum Gasteiger partial charge on any atom is 0.359 e. The molecule has 2 rings (SSSR count). The molecule has 0 unspecified atom stereocenters. The van der Waals surface area contributed by atoms with Crippen LogP contribution in [0.1, 0.15) is 17.4 Å². The van der Waals surface area contributed by atoms with Crippen LogP contribution in [0.2, 0.25) is 4.34 Å². The lowest BCUT2D eigenvalue weighted by Crippen LogP contribution is -2.05. The molecule has 1 aromatic carbocycles. The molecule has 0 bridgehead atoms. The van der Waals surface area contributed by atoms with E-state index in [0.717, 1.165) is 10.6 Å². The summed E-state index contributed by atoms with van der Waals surface area (Å²) in [5.74, 6) is -0.476. The molecule has 0 saturated heterocycles. The highest BCUT2D eigenvalue weighted by Crippen LogP contribution is 2.31. The number of rotatable bonds is 3. The lowest BCUT2D eigenvalue weighted by Gasteiger charge is -1.97. The van der Waals surface area contributed by atoms with Gasteiger partial charge in [0.15, 0.2) is 5.69 Å². The zero-order valence-corrected chi connectivity index (χ0v) is 10.7. The molecular formula is C12H10ClNO2S. The number of carbonyl (C=O) groups excluding carboxylic acids is 1. The second kappa shape index (κ2) is 5.29. The third-order valence-electron chi connectivity index (χ3n) is 2.08. The van der Waals surface area contributed by atoms with Crippen molar-refractivity contribution in [3.05, 3.63) is 40.4 Å². The fraction of sp³-hybridized carbons (Fsp3) is 0.167. The van der Waals surface area contributed by atoms with E-state index in [-0.39, 0.29) is 5.69 Å². The summed E-state index contributed by atoms with van der Waals surface area (Å²) < 4.78 is 5.24. The molecule has 5 heteroatoms. The standard InChI is InChI=1S/C12H10ClNO2S/c1-2-16-12(15)9-10(13)17-11(14-9)8-6-4-3-5-7-8/h3-7H,2H2,1H3. The van der Waals surface area contributed by atoms with Crippen LogP contribution in [0.15, 0.2) is 30.3 Å². The van der Waals surface area contributed by atoms with Crippen LogP contribution < -0.4 is 0 Å². The maximum atomic E-state index is 11.5. The van der Waals surface area contributed by atoms with Crippen LogP contribution in [-0.4, -0.2) is 17.6 Å². The van der Waals surface area contributed by atoms with Crippen LogP contribution >= 0.6 is 22.9 Å². The molecule has 0 amide bonds. The van der Waals surface area contributed by atoms with E-state index < -0.39 is 5.97 Å². The van der Waals surface area contributed by atoms with E-state index in [1.54, 1.807) is 6.92 Å². The lowest BCUT2D eigenvalue weighted by atomic mass is 10.2. The predicted octanol–water partition coefficient (Wildman–Crippen LogP) is 3.64. The molecule has 2 aromatic rings. The molecule has 1 aromatic heterocycles. The van der Waals surface area contributed by atoms with Gasteiger partial charge in [0.25, 0.3) is 0 Å². The van der Waals surface area contributed by atoms with E-state index in [9.17, 15) is 4.79 Å². The first-order chi connectivity index (χ1) is 8.22. The Kier molecular flexibility index (Phi) is 3.76. The van der Waals surface area contributed by atoms with Gasteiger partial charge in [0, 0.05) is 5.56 Å². The average Bonchev–Trinajstić information content (AvgIpc) is 2.73. The summed E-state index contributed by atoms with van der Waals surface area (Å²) in [6.45, 7) is 2.06. The topological polar surface area (TPSA) is 39.2 Å². The van der Waals surface area contributed by atoms with Crippen molar-refractivity contribution in [1.29, 1.82) is 0 Å². The van der Waals surface area contributed by atoms with E-state index in [1.165, 1.54) is 11.3 Å². The molecule has 0 aliphatic rings. The van der Waals surface area contributed by atoms with Gasteiger partial charge in [-0.2, -0.15) is 0 Å². The number of hydrogen-bond donors (Lipinski definition) is 0. The van der Waals surface area contributed by atoms with Crippen LogP contribution in [0, 0.1) is 0 Å². The number of benzene rings is 1. The Bertz CT molecular complexity index is 525. The summed E-state index contributed by atoms with van der Waals surface area (Å²) in [7, 11) is 0. The number of thiazole rings is 1. The summed E-state index contributed by atoms with van der Waals surface area (Å²) in [5, 5.41) is 0.721. The third kappa shape index (κ3) is 2.65. The Morgan fingerprint density at radius 3 is 2.76 bits per heavy atom. The number of aromatic nitrogens is 1. The van der Waals surface area contributed by atoms with Gasteiger partial charge in [-0.1, -0.05) is 41.9 Å². The molecule has 0 fully saturated rings. The van der Waals surface area contributed by atoms with Crippen molar-refractivity contribution < 1.29 is 9.53 Å². The smallest absolute Gasteiger partial charge is 0.359 e. The van der Waals surface area contributed by atoms with E-state index in [2.05, 4.69) is 4.98 Å². The van der Waals surface area contributed by atoms with Gasteiger partial charge in [-0.15, -0.1) is 11.3 Å². The third-order valence-corrected chi connectivity index (χ3v) is 3.38. The molecule has 0 saturated carbocycles. The summed E-state index contributed by atoms with van der Waals surface area (Å²) in [6.07, 6.45) is 0. The summed E-state index contributed by atoms with van der Waals surface area (Å²) in [4.78, 5) is 15.8. The molecule has 88 valence electrons. The minimum absolute atomic E-state index is 0.192. The number of hydrogen-bond acceptors (Lipinski definition) is 4. The van der Waals surface area contributed by atoms with Crippen molar-refractivity contribution in [3.8, 4) is 10.6 Å². The second-order valence-corrected chi connectivity index (χ2v) is 4.83. The SMILES string of the molecule is CCOC(=O)c1nc(-c2ccccc2)sc1Cl. The van der Waals surface area contributed by atoms with Crippen LogP contribution in [0.25, 0.3) is 10.6 Å². The number of carbonyl (C=O) groups is 1. The molecule has 0 radical (unpaired) electrons. The molecule has 0 N–H and O–H groups in total. The molecule has 0 aliphatic carbocycles. The van der Waals surface area contributed by atoms with Gasteiger partial charge in [-0.25, -0.2) is 9.78 Å². The van der Waals surface area contributed by atoms with Crippen LogP contribution in [-0.2, 0) is 4.74 Å².